The molecule has 0 aromatic carbocycles. The van der Waals surface area contributed by atoms with E-state index in [9.17, 15) is 0 Å². The highest BCUT2D eigenvalue weighted by Crippen LogP contribution is 2.59. The van der Waals surface area contributed by atoms with E-state index in [1.165, 1.54) is 32.1 Å². The second kappa shape index (κ2) is 2.98. The van der Waals surface area contributed by atoms with Crippen LogP contribution >= 0.6 is 0 Å². The Morgan fingerprint density at radius 3 is 2.00 bits per heavy atom. The van der Waals surface area contributed by atoms with Crippen LogP contribution in [0.1, 0.15) is 32.1 Å². The highest BCUT2D eigenvalue weighted by molar-refractivity contribution is 5.08. The van der Waals surface area contributed by atoms with Gasteiger partial charge in [-0.15, -0.1) is 0 Å². The molecule has 1 heterocycles. The molecule has 0 unspecified atom stereocenters. The molecule has 2 heteroatoms. The van der Waals surface area contributed by atoms with Gasteiger partial charge >= 0.3 is 0 Å². The second-order valence-corrected chi connectivity index (χ2v) is 6.16. The van der Waals surface area contributed by atoms with Gasteiger partial charge in [0.25, 0.3) is 0 Å². The van der Waals surface area contributed by atoms with E-state index in [1.54, 1.807) is 0 Å². The maximum atomic E-state index is 6.22. The SMILES string of the molecule is C1COC2(CO1)C1CC3CC(C1)CC2C3. The number of hydrogen-bond acceptors (Lipinski definition) is 2. The van der Waals surface area contributed by atoms with E-state index < -0.39 is 0 Å². The molecule has 1 saturated heterocycles. The Morgan fingerprint density at radius 2 is 1.47 bits per heavy atom. The molecular weight excluding hydrogens is 188 g/mol. The Bertz CT molecular complexity index is 238. The van der Waals surface area contributed by atoms with Gasteiger partial charge in [0.1, 0.15) is 0 Å². The van der Waals surface area contributed by atoms with Crippen LogP contribution in [0.3, 0.4) is 0 Å². The molecule has 5 fully saturated rings. The van der Waals surface area contributed by atoms with Crippen molar-refractivity contribution < 1.29 is 9.47 Å². The summed E-state index contributed by atoms with van der Waals surface area (Å²) in [5.74, 6) is 3.72. The van der Waals surface area contributed by atoms with Crippen LogP contribution in [0.5, 0.6) is 0 Å². The monoisotopic (exact) mass is 208 g/mol. The van der Waals surface area contributed by atoms with E-state index in [0.29, 0.717) is 0 Å². The molecule has 15 heavy (non-hydrogen) atoms. The fourth-order valence-corrected chi connectivity index (χ4v) is 5.02. The van der Waals surface area contributed by atoms with Crippen molar-refractivity contribution in [1.29, 1.82) is 0 Å². The summed E-state index contributed by atoms with van der Waals surface area (Å²) in [6.07, 6.45) is 7.23. The summed E-state index contributed by atoms with van der Waals surface area (Å²) in [7, 11) is 0. The van der Waals surface area contributed by atoms with E-state index in [4.69, 9.17) is 9.47 Å². The van der Waals surface area contributed by atoms with E-state index in [-0.39, 0.29) is 5.60 Å². The zero-order valence-corrected chi connectivity index (χ0v) is 9.28. The van der Waals surface area contributed by atoms with E-state index in [1.807, 2.05) is 0 Å². The van der Waals surface area contributed by atoms with Gasteiger partial charge < -0.3 is 9.47 Å². The lowest BCUT2D eigenvalue weighted by Gasteiger charge is -2.61. The predicted octanol–water partition coefficient (Wildman–Crippen LogP) is 2.23. The van der Waals surface area contributed by atoms with Crippen LogP contribution in [0.4, 0.5) is 0 Å². The quantitative estimate of drug-likeness (QED) is 0.608. The van der Waals surface area contributed by atoms with Gasteiger partial charge in [0.05, 0.1) is 25.4 Å². The largest absolute Gasteiger partial charge is 0.376 e. The van der Waals surface area contributed by atoms with Crippen molar-refractivity contribution >= 4 is 0 Å². The molecule has 4 bridgehead atoms. The lowest BCUT2D eigenvalue weighted by molar-refractivity contribution is -0.258. The van der Waals surface area contributed by atoms with E-state index in [0.717, 1.165) is 43.5 Å². The molecule has 1 aliphatic heterocycles. The van der Waals surface area contributed by atoms with Crippen LogP contribution in [-0.2, 0) is 9.47 Å². The predicted molar refractivity (Wildman–Crippen MR) is 56.5 cm³/mol. The molecule has 2 nitrogen and oxygen atoms in total. The van der Waals surface area contributed by atoms with Crippen molar-refractivity contribution in [1.82, 2.24) is 0 Å². The highest BCUT2D eigenvalue weighted by atomic mass is 16.6. The summed E-state index contributed by atoms with van der Waals surface area (Å²) in [6, 6.07) is 0. The third kappa shape index (κ3) is 1.13. The minimum Gasteiger partial charge on any atom is -0.376 e. The summed E-state index contributed by atoms with van der Waals surface area (Å²) < 4.78 is 11.9. The molecule has 4 aliphatic carbocycles. The molecule has 4 saturated carbocycles. The molecule has 1 spiro atoms. The maximum Gasteiger partial charge on any atom is 0.0972 e. The van der Waals surface area contributed by atoms with Crippen LogP contribution in [-0.4, -0.2) is 25.4 Å². The molecule has 84 valence electrons. The van der Waals surface area contributed by atoms with Gasteiger partial charge in [-0.1, -0.05) is 0 Å². The minimum absolute atomic E-state index is 0.158. The van der Waals surface area contributed by atoms with Crippen molar-refractivity contribution in [2.45, 2.75) is 37.7 Å². The Hall–Kier alpha value is -0.0800. The smallest absolute Gasteiger partial charge is 0.0972 e. The van der Waals surface area contributed by atoms with Crippen molar-refractivity contribution in [2.75, 3.05) is 19.8 Å². The highest BCUT2D eigenvalue weighted by Gasteiger charge is 2.58. The third-order valence-corrected chi connectivity index (χ3v) is 5.45. The molecule has 0 aromatic rings. The number of hydrogen-bond donors (Lipinski definition) is 0. The fourth-order valence-electron chi connectivity index (χ4n) is 5.02. The standard InChI is InChI=1S/C13H20O2/c1-2-15-13(8-14-1)11-4-9-3-10(6-11)7-12(13)5-9/h9-12H,1-8H2. The van der Waals surface area contributed by atoms with Gasteiger partial charge in [-0.05, 0) is 55.8 Å². The molecule has 0 atom stereocenters. The first-order chi connectivity index (χ1) is 7.37. The van der Waals surface area contributed by atoms with Gasteiger partial charge in [-0.3, -0.25) is 0 Å². The molecule has 0 N–H and O–H groups in total. The van der Waals surface area contributed by atoms with Crippen LogP contribution < -0.4 is 0 Å². The first-order valence-electron chi connectivity index (χ1n) is 6.58. The summed E-state index contributed by atoms with van der Waals surface area (Å²) in [5, 5.41) is 0. The van der Waals surface area contributed by atoms with Gasteiger partial charge in [0.15, 0.2) is 0 Å². The van der Waals surface area contributed by atoms with Crippen molar-refractivity contribution in [2.24, 2.45) is 23.7 Å². The molecule has 5 aliphatic rings. The lowest BCUT2D eigenvalue weighted by Crippen LogP contribution is -2.63. The van der Waals surface area contributed by atoms with Crippen LogP contribution in [0, 0.1) is 23.7 Å². The van der Waals surface area contributed by atoms with E-state index >= 15 is 0 Å². The van der Waals surface area contributed by atoms with Crippen molar-refractivity contribution in [3.63, 3.8) is 0 Å². The van der Waals surface area contributed by atoms with Crippen LogP contribution in [0.15, 0.2) is 0 Å². The fraction of sp³-hybridized carbons (Fsp3) is 1.00. The van der Waals surface area contributed by atoms with Gasteiger partial charge in [-0.2, -0.15) is 0 Å². The van der Waals surface area contributed by atoms with Crippen molar-refractivity contribution in [3.8, 4) is 0 Å². The average Bonchev–Trinajstić information content (AvgIpc) is 2.26. The van der Waals surface area contributed by atoms with Gasteiger partial charge in [-0.25, -0.2) is 0 Å². The summed E-state index contributed by atoms with van der Waals surface area (Å²) in [4.78, 5) is 0. The third-order valence-electron chi connectivity index (χ3n) is 5.45. The molecule has 0 radical (unpaired) electrons. The lowest BCUT2D eigenvalue weighted by atomic mass is 9.50. The summed E-state index contributed by atoms with van der Waals surface area (Å²) in [5.41, 5.74) is 0.158. The Kier molecular flexibility index (Phi) is 1.79. The topological polar surface area (TPSA) is 18.5 Å². The molecule has 0 aromatic heterocycles. The maximum absolute atomic E-state index is 6.22. The number of rotatable bonds is 0. The zero-order valence-electron chi connectivity index (χ0n) is 9.28. The molecular formula is C13H20O2. The normalized spacial score (nSPS) is 57.6. The Labute approximate surface area is 91.3 Å². The minimum atomic E-state index is 0.158. The average molecular weight is 208 g/mol. The van der Waals surface area contributed by atoms with Crippen LogP contribution in [0.2, 0.25) is 0 Å². The Morgan fingerprint density at radius 1 is 0.800 bits per heavy atom. The summed E-state index contributed by atoms with van der Waals surface area (Å²) >= 11 is 0. The second-order valence-electron chi connectivity index (χ2n) is 6.16. The number of ether oxygens (including phenoxy) is 2. The molecule has 0 amide bonds. The first-order valence-corrected chi connectivity index (χ1v) is 6.58. The zero-order chi connectivity index (χ0) is 9.88. The van der Waals surface area contributed by atoms with Crippen LogP contribution in [0.25, 0.3) is 0 Å². The van der Waals surface area contributed by atoms with Gasteiger partial charge in [0, 0.05) is 0 Å². The van der Waals surface area contributed by atoms with E-state index in [2.05, 4.69) is 0 Å². The summed E-state index contributed by atoms with van der Waals surface area (Å²) in [6.45, 7) is 2.54. The Balaban J connectivity index is 1.69. The van der Waals surface area contributed by atoms with Crippen molar-refractivity contribution in [3.05, 3.63) is 0 Å². The molecule has 5 rings (SSSR count). The van der Waals surface area contributed by atoms with Gasteiger partial charge in [0.2, 0.25) is 0 Å². The first kappa shape index (κ1) is 9.00.